The predicted molar refractivity (Wildman–Crippen MR) is 166 cm³/mol. The molecule has 4 rings (SSSR count). The normalized spacial score (nSPS) is 15.0. The molecule has 0 spiro atoms. The Morgan fingerprint density at radius 1 is 0.744 bits per heavy atom. The molecule has 11 nitrogen and oxygen atoms in total. The highest BCUT2D eigenvalue weighted by Crippen LogP contribution is 2.44. The van der Waals surface area contributed by atoms with E-state index < -0.39 is 41.0 Å². The van der Waals surface area contributed by atoms with Gasteiger partial charge in [0.1, 0.15) is 27.1 Å². The molecule has 43 heavy (non-hydrogen) atoms. The summed E-state index contributed by atoms with van der Waals surface area (Å²) in [5.41, 5.74) is -1.87. The zero-order valence-corrected chi connectivity index (χ0v) is 27.2. The van der Waals surface area contributed by atoms with E-state index in [1.54, 1.807) is 92.6 Å². The molecule has 2 heterocycles. The third-order valence-electron chi connectivity index (χ3n) is 5.70. The van der Waals surface area contributed by atoms with Crippen LogP contribution < -0.4 is 9.80 Å². The van der Waals surface area contributed by atoms with Gasteiger partial charge in [-0.3, -0.25) is 4.79 Å². The first-order valence-electron chi connectivity index (χ1n) is 13.6. The number of amides is 3. The molecule has 0 radical (unpaired) electrons. The fourth-order valence-corrected chi connectivity index (χ4v) is 4.66. The summed E-state index contributed by atoms with van der Waals surface area (Å²) in [6.45, 7) is 15.3. The molecule has 0 saturated carbocycles. The van der Waals surface area contributed by atoms with Crippen LogP contribution in [0.15, 0.2) is 52.8 Å². The third kappa shape index (κ3) is 7.07. The van der Waals surface area contributed by atoms with Gasteiger partial charge >= 0.3 is 18.3 Å². The van der Waals surface area contributed by atoms with Crippen LogP contribution in [-0.2, 0) is 19.0 Å². The van der Waals surface area contributed by atoms with Crippen molar-refractivity contribution in [1.29, 1.82) is 0 Å². The summed E-state index contributed by atoms with van der Waals surface area (Å²) in [7, 11) is 0. The molecular formula is C31H35BrN4O7. The number of hydrogen-bond acceptors (Lipinski definition) is 8. The molecule has 1 aromatic heterocycles. The van der Waals surface area contributed by atoms with E-state index in [-0.39, 0.29) is 27.2 Å². The van der Waals surface area contributed by atoms with Gasteiger partial charge in [0.2, 0.25) is 0 Å². The SMILES string of the molecule is CC(C)(C)OC(=O)N1C(=O)/C(=C\c2ccccc2)N(C(=O)OC(C)(C)C)c2cc3c(Br)nn(C(=O)OC(C)(C)C)c3cc21. The van der Waals surface area contributed by atoms with Gasteiger partial charge in [-0.05, 0) is 102 Å². The lowest BCUT2D eigenvalue weighted by molar-refractivity contribution is -0.115. The molecule has 2 aromatic carbocycles. The number of rotatable bonds is 1. The van der Waals surface area contributed by atoms with Gasteiger partial charge in [-0.2, -0.15) is 9.78 Å². The van der Waals surface area contributed by atoms with E-state index in [0.29, 0.717) is 10.9 Å². The van der Waals surface area contributed by atoms with Crippen molar-refractivity contribution in [3.8, 4) is 0 Å². The van der Waals surface area contributed by atoms with E-state index in [1.807, 2.05) is 6.07 Å². The van der Waals surface area contributed by atoms with Crippen molar-refractivity contribution in [1.82, 2.24) is 9.78 Å². The van der Waals surface area contributed by atoms with E-state index in [9.17, 15) is 19.2 Å². The van der Waals surface area contributed by atoms with Crippen LogP contribution >= 0.6 is 15.9 Å². The van der Waals surface area contributed by atoms with Gasteiger partial charge in [0.05, 0.1) is 16.9 Å². The maximum Gasteiger partial charge on any atom is 0.435 e. The number of carbonyl (C=O) groups excluding carboxylic acids is 4. The fourth-order valence-electron chi connectivity index (χ4n) is 4.18. The van der Waals surface area contributed by atoms with Crippen LogP contribution in [0, 0.1) is 0 Å². The van der Waals surface area contributed by atoms with Crippen molar-refractivity contribution in [2.75, 3.05) is 9.80 Å². The molecule has 0 bridgehead atoms. The zero-order chi connectivity index (χ0) is 32.1. The minimum Gasteiger partial charge on any atom is -0.443 e. The van der Waals surface area contributed by atoms with Gasteiger partial charge in [-0.25, -0.2) is 24.2 Å². The summed E-state index contributed by atoms with van der Waals surface area (Å²) < 4.78 is 18.2. The summed E-state index contributed by atoms with van der Waals surface area (Å²) in [5, 5.41) is 4.71. The Hall–Kier alpha value is -4.19. The third-order valence-corrected chi connectivity index (χ3v) is 6.28. The molecule has 3 aromatic rings. The lowest BCUT2D eigenvalue weighted by atomic mass is 10.1. The highest BCUT2D eigenvalue weighted by Gasteiger charge is 2.44. The Kier molecular flexibility index (Phi) is 8.22. The Balaban J connectivity index is 2.05. The number of benzene rings is 2. The number of fused-ring (bicyclic) bond motifs is 2. The molecule has 0 fully saturated rings. The molecule has 1 aliphatic heterocycles. The van der Waals surface area contributed by atoms with Crippen LogP contribution in [0.4, 0.5) is 25.8 Å². The van der Waals surface area contributed by atoms with Crippen LogP contribution in [-0.4, -0.2) is 50.8 Å². The highest BCUT2D eigenvalue weighted by molar-refractivity contribution is 9.10. The van der Waals surface area contributed by atoms with Crippen molar-refractivity contribution in [3.05, 3.63) is 58.3 Å². The molecule has 0 unspecified atom stereocenters. The second-order valence-electron chi connectivity index (χ2n) is 12.9. The lowest BCUT2D eigenvalue weighted by Gasteiger charge is -2.37. The first-order chi connectivity index (χ1) is 19.8. The molecule has 1 aliphatic rings. The Morgan fingerprint density at radius 3 is 1.77 bits per heavy atom. The van der Waals surface area contributed by atoms with Gasteiger partial charge in [0.25, 0.3) is 5.91 Å². The number of halogens is 1. The Labute approximate surface area is 258 Å². The summed E-state index contributed by atoms with van der Waals surface area (Å²) >= 11 is 3.40. The van der Waals surface area contributed by atoms with Crippen LogP contribution in [0.2, 0.25) is 0 Å². The van der Waals surface area contributed by atoms with E-state index in [0.717, 1.165) is 14.5 Å². The standard InChI is InChI=1S/C31H35BrN4O7/c1-29(2,3)41-26(38)34-21-16-19-20(36(33-24(19)32)28(40)43-31(7,8)9)17-22(21)35(27(39)42-30(4,5)6)25(37)23(34)15-18-13-11-10-12-14-18/h10-17H,1-9H3/b23-15+. The topological polar surface area (TPSA) is 120 Å². The van der Waals surface area contributed by atoms with Crippen LogP contribution in [0.3, 0.4) is 0 Å². The molecular weight excluding hydrogens is 620 g/mol. The Morgan fingerprint density at radius 2 is 1.23 bits per heavy atom. The molecule has 12 heteroatoms. The number of hydrogen-bond donors (Lipinski definition) is 0. The molecule has 0 N–H and O–H groups in total. The number of imide groups is 1. The highest BCUT2D eigenvalue weighted by atomic mass is 79.9. The van der Waals surface area contributed by atoms with Crippen molar-refractivity contribution < 1.29 is 33.4 Å². The first-order valence-corrected chi connectivity index (χ1v) is 14.4. The lowest BCUT2D eigenvalue weighted by Crippen LogP contribution is -2.51. The molecule has 0 atom stereocenters. The van der Waals surface area contributed by atoms with Gasteiger partial charge in [-0.1, -0.05) is 30.3 Å². The van der Waals surface area contributed by atoms with Gasteiger partial charge in [0, 0.05) is 5.39 Å². The van der Waals surface area contributed by atoms with Gasteiger partial charge in [-0.15, -0.1) is 0 Å². The van der Waals surface area contributed by atoms with Gasteiger partial charge < -0.3 is 14.2 Å². The maximum absolute atomic E-state index is 14.2. The predicted octanol–water partition coefficient (Wildman–Crippen LogP) is 7.65. The smallest absolute Gasteiger partial charge is 0.435 e. The Bertz CT molecular complexity index is 1640. The number of carbonyl (C=O) groups is 4. The van der Waals surface area contributed by atoms with Crippen LogP contribution in [0.1, 0.15) is 67.9 Å². The molecule has 228 valence electrons. The average molecular weight is 656 g/mol. The second-order valence-corrected chi connectivity index (χ2v) is 13.7. The number of aromatic nitrogens is 2. The number of nitrogens with zero attached hydrogens (tertiary/aromatic N) is 4. The number of ether oxygens (including phenoxy) is 3. The van der Waals surface area contributed by atoms with E-state index in [4.69, 9.17) is 14.2 Å². The van der Waals surface area contributed by atoms with Crippen LogP contribution in [0.5, 0.6) is 0 Å². The fraction of sp³-hybridized carbons (Fsp3) is 0.387. The zero-order valence-electron chi connectivity index (χ0n) is 25.6. The first kappa shape index (κ1) is 31.7. The van der Waals surface area contributed by atoms with E-state index >= 15 is 0 Å². The monoisotopic (exact) mass is 654 g/mol. The van der Waals surface area contributed by atoms with E-state index in [1.165, 1.54) is 12.1 Å². The minimum absolute atomic E-state index is 0.0139. The van der Waals surface area contributed by atoms with E-state index in [2.05, 4.69) is 21.0 Å². The summed E-state index contributed by atoms with van der Waals surface area (Å²) in [5.74, 6) is -0.835. The maximum atomic E-state index is 14.2. The van der Waals surface area contributed by atoms with Crippen molar-refractivity contribution >= 4 is 68.5 Å². The minimum atomic E-state index is -0.969. The van der Waals surface area contributed by atoms with Crippen molar-refractivity contribution in [2.45, 2.75) is 79.1 Å². The molecule has 0 aliphatic carbocycles. The second kappa shape index (κ2) is 11.1. The summed E-state index contributed by atoms with van der Waals surface area (Å²) in [4.78, 5) is 56.7. The number of anilines is 2. The quantitative estimate of drug-likeness (QED) is 0.194. The van der Waals surface area contributed by atoms with Crippen LogP contribution in [0.25, 0.3) is 17.0 Å². The molecule has 0 saturated heterocycles. The molecule has 3 amide bonds. The van der Waals surface area contributed by atoms with Crippen molar-refractivity contribution in [2.24, 2.45) is 0 Å². The van der Waals surface area contributed by atoms with Gasteiger partial charge in [0.15, 0.2) is 0 Å². The van der Waals surface area contributed by atoms with Crippen molar-refractivity contribution in [3.63, 3.8) is 0 Å². The largest absolute Gasteiger partial charge is 0.443 e. The summed E-state index contributed by atoms with van der Waals surface area (Å²) in [6, 6.07) is 11.9. The summed E-state index contributed by atoms with van der Waals surface area (Å²) in [6.07, 6.45) is -1.09. The average Bonchev–Trinajstić information content (AvgIpc) is 3.16.